The number of benzene rings is 1. The molecule has 0 aliphatic carbocycles. The highest BCUT2D eigenvalue weighted by Gasteiger charge is 2.36. The first-order chi connectivity index (χ1) is 12.2. The lowest BCUT2D eigenvalue weighted by molar-refractivity contribution is -0.137. The summed E-state index contributed by atoms with van der Waals surface area (Å²) in [6.45, 7) is 0.863. The zero-order chi connectivity index (χ0) is 20.7. The van der Waals surface area contributed by atoms with Crippen molar-refractivity contribution in [3.63, 3.8) is 0 Å². The van der Waals surface area contributed by atoms with Gasteiger partial charge in [0.05, 0.1) is 11.3 Å². The maximum absolute atomic E-state index is 13.1. The molecule has 0 fully saturated rings. The SMILES string of the molecule is CC(=O)N(O)c1cc(Oc2nn(C)c(S(C)(=O)=O)c2Cl)ccc1C(F)(F)F. The Morgan fingerprint density at radius 3 is 2.41 bits per heavy atom. The van der Waals surface area contributed by atoms with Gasteiger partial charge in [-0.05, 0) is 12.1 Å². The molecule has 13 heteroatoms. The average molecular weight is 428 g/mol. The number of aromatic nitrogens is 2. The molecular formula is C14H13ClF3N3O5S. The van der Waals surface area contributed by atoms with Crippen LogP contribution in [0.4, 0.5) is 18.9 Å². The highest BCUT2D eigenvalue weighted by atomic mass is 35.5. The van der Waals surface area contributed by atoms with Crippen molar-refractivity contribution in [2.24, 2.45) is 7.05 Å². The fourth-order valence-corrected chi connectivity index (χ4v) is 3.75. The molecule has 8 nitrogen and oxygen atoms in total. The summed E-state index contributed by atoms with van der Waals surface area (Å²) in [7, 11) is -2.46. The fourth-order valence-electron chi connectivity index (χ4n) is 2.20. The second-order valence-electron chi connectivity index (χ2n) is 5.43. The number of carbonyl (C=O) groups excluding carboxylic acids is 1. The van der Waals surface area contributed by atoms with Gasteiger partial charge in [-0.1, -0.05) is 11.6 Å². The first-order valence-electron chi connectivity index (χ1n) is 7.04. The van der Waals surface area contributed by atoms with E-state index in [1.165, 1.54) is 7.05 Å². The molecule has 148 valence electrons. The molecule has 27 heavy (non-hydrogen) atoms. The zero-order valence-corrected chi connectivity index (χ0v) is 15.6. The van der Waals surface area contributed by atoms with Crippen molar-refractivity contribution in [1.82, 2.24) is 9.78 Å². The van der Waals surface area contributed by atoms with Crippen LogP contribution in [0.5, 0.6) is 11.6 Å². The molecular weight excluding hydrogens is 415 g/mol. The molecule has 1 N–H and O–H groups in total. The number of halogens is 4. The van der Waals surface area contributed by atoms with Crippen molar-refractivity contribution in [2.45, 2.75) is 18.1 Å². The Morgan fingerprint density at radius 1 is 1.37 bits per heavy atom. The molecule has 0 spiro atoms. The molecule has 0 aliphatic rings. The van der Waals surface area contributed by atoms with Gasteiger partial charge >= 0.3 is 6.18 Å². The van der Waals surface area contributed by atoms with Gasteiger partial charge < -0.3 is 4.74 Å². The Labute approximate surface area is 156 Å². The highest BCUT2D eigenvalue weighted by Crippen LogP contribution is 2.40. The van der Waals surface area contributed by atoms with Crippen molar-refractivity contribution in [2.75, 3.05) is 11.3 Å². The summed E-state index contributed by atoms with van der Waals surface area (Å²) in [5, 5.41) is 12.5. The van der Waals surface area contributed by atoms with E-state index in [4.69, 9.17) is 16.3 Å². The molecule has 1 heterocycles. The Bertz CT molecular complexity index is 1000. The number of aryl methyl sites for hydroxylation is 1. The molecule has 1 aromatic carbocycles. The number of rotatable bonds is 4. The predicted molar refractivity (Wildman–Crippen MR) is 87.8 cm³/mol. The summed E-state index contributed by atoms with van der Waals surface area (Å²) >= 11 is 5.94. The standard InChI is InChI=1S/C14H13ClF3N3O5S/c1-7(22)21(23)10-6-8(4-5-9(10)14(16,17)18)26-12-11(15)13(20(2)19-12)27(3,24)25/h4-6,23H,1-3H3. The normalized spacial score (nSPS) is 12.1. The van der Waals surface area contributed by atoms with Crippen LogP contribution in [-0.4, -0.2) is 35.6 Å². The largest absolute Gasteiger partial charge is 0.436 e. The van der Waals surface area contributed by atoms with Gasteiger partial charge in [0.2, 0.25) is 5.91 Å². The van der Waals surface area contributed by atoms with E-state index in [2.05, 4.69) is 5.10 Å². The topological polar surface area (TPSA) is 102 Å². The van der Waals surface area contributed by atoms with Gasteiger partial charge in [0.15, 0.2) is 14.9 Å². The van der Waals surface area contributed by atoms with Crippen LogP contribution in [0.1, 0.15) is 12.5 Å². The highest BCUT2D eigenvalue weighted by molar-refractivity contribution is 7.90. The molecule has 0 bridgehead atoms. The van der Waals surface area contributed by atoms with Gasteiger partial charge in [0.1, 0.15) is 10.8 Å². The van der Waals surface area contributed by atoms with Crippen LogP contribution in [0.25, 0.3) is 0 Å². The summed E-state index contributed by atoms with van der Waals surface area (Å²) in [4.78, 5) is 11.3. The molecule has 2 rings (SSSR count). The maximum atomic E-state index is 13.1. The van der Waals surface area contributed by atoms with Crippen LogP contribution in [0, 0.1) is 0 Å². The van der Waals surface area contributed by atoms with E-state index in [1.54, 1.807) is 0 Å². The van der Waals surface area contributed by atoms with Crippen LogP contribution in [0.3, 0.4) is 0 Å². The monoisotopic (exact) mass is 427 g/mol. The number of ether oxygens (including phenoxy) is 1. The number of hydroxylamine groups is 1. The Kier molecular flexibility index (Phi) is 5.46. The van der Waals surface area contributed by atoms with E-state index in [1.807, 2.05) is 0 Å². The van der Waals surface area contributed by atoms with E-state index in [-0.39, 0.29) is 26.7 Å². The van der Waals surface area contributed by atoms with Crippen molar-refractivity contribution in [3.8, 4) is 11.6 Å². The second-order valence-corrected chi connectivity index (χ2v) is 7.74. The molecule has 0 saturated carbocycles. The first kappa shape index (κ1) is 21.0. The molecule has 0 atom stereocenters. The van der Waals surface area contributed by atoms with E-state index in [9.17, 15) is 31.6 Å². The smallest absolute Gasteiger partial charge is 0.418 e. The number of carbonyl (C=O) groups is 1. The van der Waals surface area contributed by atoms with Crippen LogP contribution < -0.4 is 9.80 Å². The molecule has 1 amide bonds. The van der Waals surface area contributed by atoms with Crippen molar-refractivity contribution in [1.29, 1.82) is 0 Å². The number of amides is 1. The van der Waals surface area contributed by atoms with Crippen LogP contribution in [-0.2, 0) is 27.9 Å². The van der Waals surface area contributed by atoms with E-state index < -0.39 is 33.2 Å². The third-order valence-corrected chi connectivity index (χ3v) is 4.90. The predicted octanol–water partition coefficient (Wildman–Crippen LogP) is 3.03. The van der Waals surface area contributed by atoms with Crippen molar-refractivity contribution >= 4 is 33.0 Å². The van der Waals surface area contributed by atoms with Crippen molar-refractivity contribution < 1.29 is 36.3 Å². The number of hydrogen-bond acceptors (Lipinski definition) is 6. The fraction of sp³-hybridized carbons (Fsp3) is 0.286. The van der Waals surface area contributed by atoms with Gasteiger partial charge in [0, 0.05) is 26.3 Å². The molecule has 1 aromatic heterocycles. The second kappa shape index (κ2) is 7.02. The quantitative estimate of drug-likeness (QED) is 0.594. The van der Waals surface area contributed by atoms with Gasteiger partial charge in [0.25, 0.3) is 5.88 Å². The molecule has 0 unspecified atom stereocenters. The minimum Gasteiger partial charge on any atom is -0.436 e. The lowest BCUT2D eigenvalue weighted by Crippen LogP contribution is -2.26. The van der Waals surface area contributed by atoms with E-state index >= 15 is 0 Å². The van der Waals surface area contributed by atoms with E-state index in [0.29, 0.717) is 6.07 Å². The summed E-state index contributed by atoms with van der Waals surface area (Å²) in [5.41, 5.74) is -2.15. The third kappa shape index (κ3) is 4.34. The van der Waals surface area contributed by atoms with Crippen LogP contribution in [0.2, 0.25) is 5.02 Å². The van der Waals surface area contributed by atoms with Crippen LogP contribution >= 0.6 is 11.6 Å². The van der Waals surface area contributed by atoms with Gasteiger partial charge in [-0.3, -0.25) is 14.7 Å². The number of nitrogens with zero attached hydrogens (tertiary/aromatic N) is 3. The zero-order valence-electron chi connectivity index (χ0n) is 14.1. The summed E-state index contributed by atoms with van der Waals surface area (Å²) < 4.78 is 68.9. The molecule has 0 saturated heterocycles. The van der Waals surface area contributed by atoms with Crippen molar-refractivity contribution in [3.05, 3.63) is 28.8 Å². The summed E-state index contributed by atoms with van der Waals surface area (Å²) in [6, 6.07) is 2.24. The van der Waals surface area contributed by atoms with E-state index in [0.717, 1.165) is 30.0 Å². The molecule has 0 radical (unpaired) electrons. The molecule has 2 aromatic rings. The summed E-state index contributed by atoms with van der Waals surface area (Å²) in [5.74, 6) is -1.70. The lowest BCUT2D eigenvalue weighted by atomic mass is 10.1. The Balaban J connectivity index is 2.53. The number of hydrogen-bond donors (Lipinski definition) is 1. The van der Waals surface area contributed by atoms with Crippen LogP contribution in [0.15, 0.2) is 23.2 Å². The molecule has 0 aliphatic heterocycles. The summed E-state index contributed by atoms with van der Waals surface area (Å²) in [6.07, 6.45) is -3.96. The first-order valence-corrected chi connectivity index (χ1v) is 9.31. The maximum Gasteiger partial charge on any atom is 0.418 e. The van der Waals surface area contributed by atoms with Gasteiger partial charge in [-0.15, -0.1) is 5.10 Å². The average Bonchev–Trinajstić information content (AvgIpc) is 2.79. The van der Waals surface area contributed by atoms with Gasteiger partial charge in [-0.2, -0.15) is 18.2 Å². The minimum atomic E-state index is -4.85. The number of sulfone groups is 1. The Hall–Kier alpha value is -2.31. The number of anilines is 1. The van der Waals surface area contributed by atoms with Gasteiger partial charge in [-0.25, -0.2) is 8.42 Å². The lowest BCUT2D eigenvalue weighted by Gasteiger charge is -2.19. The number of alkyl halides is 3. The Morgan fingerprint density at radius 2 is 1.96 bits per heavy atom. The minimum absolute atomic E-state index is 0.183. The third-order valence-electron chi connectivity index (χ3n) is 3.28.